The molecule has 4 nitrogen and oxygen atoms in total. The summed E-state index contributed by atoms with van der Waals surface area (Å²) in [6.07, 6.45) is 2.67. The smallest absolute Gasteiger partial charge is 0.335 e. The summed E-state index contributed by atoms with van der Waals surface area (Å²) in [5, 5.41) is 11.2. The summed E-state index contributed by atoms with van der Waals surface area (Å²) in [4.78, 5) is 18.9. The summed E-state index contributed by atoms with van der Waals surface area (Å²) in [7, 11) is 0. The number of pyridine rings is 1. The van der Waals surface area contributed by atoms with Crippen molar-refractivity contribution >= 4 is 17.3 Å². The Kier molecular flexibility index (Phi) is 3.45. The monoisotopic (exact) mass is 300 g/mol. The van der Waals surface area contributed by atoms with Crippen LogP contribution >= 0.6 is 11.3 Å². The highest BCUT2D eigenvalue weighted by atomic mass is 32.1. The van der Waals surface area contributed by atoms with Crippen molar-refractivity contribution in [3.8, 4) is 21.8 Å². The predicted octanol–water partition coefficient (Wildman–Crippen LogP) is 3.71. The molecule has 0 aliphatic carbocycles. The molecule has 3 aromatic rings. The number of carbonyl (C=O) groups is 1. The highest BCUT2D eigenvalue weighted by Gasteiger charge is 2.11. The molecule has 21 heavy (non-hydrogen) atoms. The van der Waals surface area contributed by atoms with Gasteiger partial charge in [-0.3, -0.25) is 4.98 Å². The van der Waals surface area contributed by atoms with E-state index in [1.165, 1.54) is 29.7 Å². The van der Waals surface area contributed by atoms with E-state index in [9.17, 15) is 9.18 Å². The number of hydrogen-bond donors (Lipinski definition) is 1. The van der Waals surface area contributed by atoms with Gasteiger partial charge >= 0.3 is 5.97 Å². The molecule has 0 aliphatic rings. The highest BCUT2D eigenvalue weighted by Crippen LogP contribution is 2.30. The minimum atomic E-state index is -0.973. The molecule has 2 aromatic heterocycles. The van der Waals surface area contributed by atoms with Gasteiger partial charge in [0.05, 0.1) is 17.5 Å². The molecule has 0 bridgehead atoms. The molecular formula is C15H9FN2O2S. The van der Waals surface area contributed by atoms with Gasteiger partial charge in [0.1, 0.15) is 5.01 Å². The zero-order valence-electron chi connectivity index (χ0n) is 10.7. The number of aromatic carboxylic acids is 1. The number of thiazole rings is 1. The zero-order chi connectivity index (χ0) is 14.8. The van der Waals surface area contributed by atoms with Crippen LogP contribution < -0.4 is 0 Å². The molecule has 2 heterocycles. The maximum atomic E-state index is 13.7. The fourth-order valence-electron chi connectivity index (χ4n) is 1.86. The Labute approximate surface area is 123 Å². The van der Waals surface area contributed by atoms with E-state index in [1.807, 2.05) is 5.38 Å². The lowest BCUT2D eigenvalue weighted by Crippen LogP contribution is -1.94. The van der Waals surface area contributed by atoms with Gasteiger partial charge in [0.2, 0.25) is 0 Å². The van der Waals surface area contributed by atoms with Gasteiger partial charge in [0.15, 0.2) is 5.82 Å². The Morgan fingerprint density at radius 1 is 1.19 bits per heavy atom. The average Bonchev–Trinajstić information content (AvgIpc) is 2.97. The Morgan fingerprint density at radius 2 is 1.95 bits per heavy atom. The Morgan fingerprint density at radius 3 is 2.62 bits per heavy atom. The van der Waals surface area contributed by atoms with Crippen molar-refractivity contribution < 1.29 is 14.3 Å². The van der Waals surface area contributed by atoms with Gasteiger partial charge in [-0.2, -0.15) is 0 Å². The molecule has 1 N–H and O–H groups in total. The number of carboxylic acids is 1. The molecule has 0 saturated carbocycles. The van der Waals surface area contributed by atoms with E-state index in [1.54, 1.807) is 18.2 Å². The lowest BCUT2D eigenvalue weighted by atomic mass is 10.1. The second-order valence-corrected chi connectivity index (χ2v) is 5.13. The number of aromatic nitrogens is 2. The van der Waals surface area contributed by atoms with E-state index in [2.05, 4.69) is 9.97 Å². The standard InChI is InChI=1S/C15H9FN2O2S/c16-12-7-17-6-5-11(12)14-18-13(8-21-14)9-1-3-10(4-2-9)15(19)20/h1-8H,(H,19,20). The third-order valence-electron chi connectivity index (χ3n) is 2.93. The molecule has 0 spiro atoms. The van der Waals surface area contributed by atoms with Crippen LogP contribution in [0.5, 0.6) is 0 Å². The molecule has 0 fully saturated rings. The summed E-state index contributed by atoms with van der Waals surface area (Å²) in [5.74, 6) is -1.39. The first-order chi connectivity index (χ1) is 10.1. The number of halogens is 1. The minimum Gasteiger partial charge on any atom is -0.478 e. The lowest BCUT2D eigenvalue weighted by Gasteiger charge is -1.99. The third-order valence-corrected chi connectivity index (χ3v) is 3.81. The van der Waals surface area contributed by atoms with Crippen molar-refractivity contribution in [3.63, 3.8) is 0 Å². The van der Waals surface area contributed by atoms with Gasteiger partial charge in [-0.05, 0) is 18.2 Å². The molecule has 1 aromatic carbocycles. The van der Waals surface area contributed by atoms with Crippen molar-refractivity contribution in [1.82, 2.24) is 9.97 Å². The van der Waals surface area contributed by atoms with Crippen LogP contribution in [0.25, 0.3) is 21.8 Å². The fraction of sp³-hybridized carbons (Fsp3) is 0. The number of hydrogen-bond acceptors (Lipinski definition) is 4. The molecule has 0 saturated heterocycles. The van der Waals surface area contributed by atoms with Crippen molar-refractivity contribution in [2.24, 2.45) is 0 Å². The van der Waals surface area contributed by atoms with Crippen LogP contribution in [0.2, 0.25) is 0 Å². The van der Waals surface area contributed by atoms with Gasteiger partial charge in [0.25, 0.3) is 0 Å². The first kappa shape index (κ1) is 13.4. The lowest BCUT2D eigenvalue weighted by molar-refractivity contribution is 0.0697. The number of benzene rings is 1. The molecule has 0 aliphatic heterocycles. The van der Waals surface area contributed by atoms with Crippen LogP contribution in [0.1, 0.15) is 10.4 Å². The molecule has 104 valence electrons. The number of nitrogens with zero attached hydrogens (tertiary/aromatic N) is 2. The van der Waals surface area contributed by atoms with Gasteiger partial charge < -0.3 is 5.11 Å². The van der Waals surface area contributed by atoms with E-state index in [-0.39, 0.29) is 5.56 Å². The van der Waals surface area contributed by atoms with Crippen LogP contribution in [0, 0.1) is 5.82 Å². The maximum absolute atomic E-state index is 13.7. The molecule has 0 radical (unpaired) electrons. The SMILES string of the molecule is O=C(O)c1ccc(-c2csc(-c3ccncc3F)n2)cc1. The summed E-state index contributed by atoms with van der Waals surface area (Å²) in [6, 6.07) is 7.98. The normalized spacial score (nSPS) is 10.5. The molecule has 3 rings (SSSR count). The second kappa shape index (κ2) is 5.41. The van der Waals surface area contributed by atoms with Gasteiger partial charge in [-0.25, -0.2) is 14.2 Å². The van der Waals surface area contributed by atoms with E-state index >= 15 is 0 Å². The van der Waals surface area contributed by atoms with Crippen LogP contribution in [0.15, 0.2) is 48.1 Å². The van der Waals surface area contributed by atoms with E-state index in [0.717, 1.165) is 11.8 Å². The minimum absolute atomic E-state index is 0.217. The molecule has 6 heteroatoms. The highest BCUT2D eigenvalue weighted by molar-refractivity contribution is 7.13. The van der Waals surface area contributed by atoms with Crippen LogP contribution in [0.4, 0.5) is 4.39 Å². The van der Waals surface area contributed by atoms with Crippen LogP contribution in [0.3, 0.4) is 0 Å². The summed E-state index contributed by atoms with van der Waals surface area (Å²) >= 11 is 1.33. The number of carboxylic acid groups (broad SMARTS) is 1. The first-order valence-corrected chi connectivity index (χ1v) is 6.92. The summed E-state index contributed by atoms with van der Waals surface area (Å²) < 4.78 is 13.7. The third kappa shape index (κ3) is 2.66. The molecule has 0 atom stereocenters. The van der Waals surface area contributed by atoms with E-state index < -0.39 is 11.8 Å². The van der Waals surface area contributed by atoms with Crippen LogP contribution in [-0.2, 0) is 0 Å². The Balaban J connectivity index is 1.95. The van der Waals surface area contributed by atoms with Gasteiger partial charge in [-0.1, -0.05) is 12.1 Å². The molecule has 0 amide bonds. The molecular weight excluding hydrogens is 291 g/mol. The van der Waals surface area contributed by atoms with Crippen LogP contribution in [-0.4, -0.2) is 21.0 Å². The second-order valence-electron chi connectivity index (χ2n) is 4.28. The van der Waals surface area contributed by atoms with Crippen molar-refractivity contribution in [1.29, 1.82) is 0 Å². The van der Waals surface area contributed by atoms with E-state index in [4.69, 9.17) is 5.11 Å². The van der Waals surface area contributed by atoms with E-state index in [0.29, 0.717) is 16.3 Å². The van der Waals surface area contributed by atoms with Crippen molar-refractivity contribution in [2.75, 3.05) is 0 Å². The topological polar surface area (TPSA) is 63.1 Å². The molecule has 0 unspecified atom stereocenters. The van der Waals surface area contributed by atoms with Gasteiger partial charge in [-0.15, -0.1) is 11.3 Å². The van der Waals surface area contributed by atoms with Crippen molar-refractivity contribution in [3.05, 3.63) is 59.5 Å². The number of rotatable bonds is 3. The summed E-state index contributed by atoms with van der Waals surface area (Å²) in [5.41, 5.74) is 2.10. The predicted molar refractivity (Wildman–Crippen MR) is 77.7 cm³/mol. The van der Waals surface area contributed by atoms with Crippen molar-refractivity contribution in [2.45, 2.75) is 0 Å². The largest absolute Gasteiger partial charge is 0.478 e. The Hall–Kier alpha value is -2.60. The Bertz CT molecular complexity index is 799. The quantitative estimate of drug-likeness (QED) is 0.801. The maximum Gasteiger partial charge on any atom is 0.335 e. The first-order valence-electron chi connectivity index (χ1n) is 6.04. The fourth-order valence-corrected chi connectivity index (χ4v) is 2.72. The summed E-state index contributed by atoms with van der Waals surface area (Å²) in [6.45, 7) is 0. The average molecular weight is 300 g/mol. The zero-order valence-corrected chi connectivity index (χ0v) is 11.5. The van der Waals surface area contributed by atoms with Gasteiger partial charge in [0, 0.05) is 22.7 Å².